The van der Waals surface area contributed by atoms with Gasteiger partial charge in [-0.3, -0.25) is 4.79 Å². The van der Waals surface area contributed by atoms with Gasteiger partial charge >= 0.3 is 13.1 Å². The van der Waals surface area contributed by atoms with Gasteiger partial charge in [-0.2, -0.15) is 0 Å². The Labute approximate surface area is 151 Å². The first-order valence-electron chi connectivity index (χ1n) is 8.79. The van der Waals surface area contributed by atoms with Crippen molar-refractivity contribution in [2.24, 2.45) is 5.73 Å². The molecule has 0 spiro atoms. The van der Waals surface area contributed by atoms with E-state index in [2.05, 4.69) is 0 Å². The van der Waals surface area contributed by atoms with E-state index in [9.17, 15) is 9.59 Å². The molecule has 1 rings (SSSR count). The van der Waals surface area contributed by atoms with E-state index in [1.54, 1.807) is 0 Å². The molecule has 0 aliphatic carbocycles. The fourth-order valence-electron chi connectivity index (χ4n) is 2.97. The van der Waals surface area contributed by atoms with Crippen molar-refractivity contribution in [2.45, 2.75) is 76.2 Å². The number of carbonyl (C=O) groups is 2. The number of methoxy groups -OCH3 is 1. The van der Waals surface area contributed by atoms with Crippen LogP contribution in [0.5, 0.6) is 0 Å². The molecular formula is C16H31B2NO6. The number of hydrogen-bond acceptors (Lipinski definition) is 7. The SMILES string of the molecule is COC(=O)[C@](BOCN)(CC=O)CCCCB1OC(C)(C)C(C)(C)O1. The van der Waals surface area contributed by atoms with Crippen molar-refractivity contribution in [3.63, 3.8) is 0 Å². The van der Waals surface area contributed by atoms with Gasteiger partial charge in [0.05, 0.1) is 30.4 Å². The summed E-state index contributed by atoms with van der Waals surface area (Å²) < 4.78 is 22.0. The van der Waals surface area contributed by atoms with Crippen LogP contribution in [0.3, 0.4) is 0 Å². The summed E-state index contributed by atoms with van der Waals surface area (Å²) in [5, 5.41) is -0.980. The monoisotopic (exact) mass is 355 g/mol. The van der Waals surface area contributed by atoms with E-state index in [0.717, 1.165) is 25.4 Å². The van der Waals surface area contributed by atoms with Gasteiger partial charge in [0.25, 0.3) is 7.48 Å². The van der Waals surface area contributed by atoms with Crippen molar-refractivity contribution in [3.05, 3.63) is 0 Å². The number of aldehydes is 1. The Bertz CT molecular complexity index is 444. The third-order valence-corrected chi connectivity index (χ3v) is 5.24. The molecule has 1 saturated heterocycles. The molecule has 2 N–H and O–H groups in total. The fourth-order valence-corrected chi connectivity index (χ4v) is 2.97. The van der Waals surface area contributed by atoms with Crippen molar-refractivity contribution in [3.8, 4) is 0 Å². The van der Waals surface area contributed by atoms with Gasteiger partial charge in [0.15, 0.2) is 0 Å². The molecule has 1 atom stereocenters. The van der Waals surface area contributed by atoms with Crippen LogP contribution in [0.4, 0.5) is 0 Å². The van der Waals surface area contributed by atoms with Crippen LogP contribution in [-0.2, 0) is 28.3 Å². The minimum atomic E-state index is -0.980. The Morgan fingerprint density at radius 3 is 2.32 bits per heavy atom. The quantitative estimate of drug-likeness (QED) is 0.197. The highest BCUT2D eigenvalue weighted by Crippen LogP contribution is 2.40. The maximum absolute atomic E-state index is 12.2. The number of unbranched alkanes of at least 4 members (excludes halogenated alkanes) is 1. The first-order chi connectivity index (χ1) is 11.6. The second-order valence-corrected chi connectivity index (χ2v) is 7.59. The van der Waals surface area contributed by atoms with Gasteiger partial charge < -0.3 is 29.2 Å². The molecule has 0 aromatic carbocycles. The second kappa shape index (κ2) is 9.16. The fraction of sp³-hybridized carbons (Fsp3) is 0.875. The number of esters is 1. The maximum Gasteiger partial charge on any atom is 0.457 e. The van der Waals surface area contributed by atoms with E-state index in [1.807, 2.05) is 27.7 Å². The van der Waals surface area contributed by atoms with E-state index in [0.29, 0.717) is 6.42 Å². The molecule has 1 heterocycles. The minimum absolute atomic E-state index is 0.00841. The van der Waals surface area contributed by atoms with Gasteiger partial charge in [-0.1, -0.05) is 12.8 Å². The van der Waals surface area contributed by atoms with Gasteiger partial charge in [-0.05, 0) is 40.4 Å². The van der Waals surface area contributed by atoms with Crippen molar-refractivity contribution >= 4 is 26.9 Å². The lowest BCUT2D eigenvalue weighted by Crippen LogP contribution is -2.41. The number of rotatable bonds is 11. The van der Waals surface area contributed by atoms with Gasteiger partial charge in [0, 0.05) is 6.42 Å². The van der Waals surface area contributed by atoms with Crippen LogP contribution in [-0.4, -0.2) is 51.9 Å². The summed E-state index contributed by atoms with van der Waals surface area (Å²) in [5.74, 6) is -0.441. The molecule has 1 aliphatic heterocycles. The highest BCUT2D eigenvalue weighted by Gasteiger charge is 2.50. The molecule has 0 radical (unpaired) electrons. The summed E-state index contributed by atoms with van der Waals surface area (Å²) >= 11 is 0. The Morgan fingerprint density at radius 1 is 1.24 bits per heavy atom. The summed E-state index contributed by atoms with van der Waals surface area (Å²) in [4.78, 5) is 23.3. The lowest BCUT2D eigenvalue weighted by Gasteiger charge is -2.32. The van der Waals surface area contributed by atoms with Gasteiger partial charge in [0.2, 0.25) is 0 Å². The molecule has 0 aromatic rings. The predicted molar refractivity (Wildman–Crippen MR) is 97.4 cm³/mol. The van der Waals surface area contributed by atoms with E-state index in [4.69, 9.17) is 24.4 Å². The van der Waals surface area contributed by atoms with Crippen molar-refractivity contribution in [1.29, 1.82) is 0 Å². The molecule has 0 saturated carbocycles. The standard InChI is InChI=1S/C16H31B2NO6/c1-14(2)15(3,4)25-18(24-14)10-7-6-8-16(9-11-20,13(21)22-5)17-23-12-19/h11,17H,6-10,12,19H2,1-5H3/t16-/m1/s1. The van der Waals surface area contributed by atoms with Crippen molar-refractivity contribution < 1.29 is 28.3 Å². The molecule has 9 heteroatoms. The van der Waals surface area contributed by atoms with Crippen LogP contribution >= 0.6 is 0 Å². The zero-order chi connectivity index (χ0) is 19.1. The average molecular weight is 355 g/mol. The molecule has 1 aliphatic rings. The highest BCUT2D eigenvalue weighted by molar-refractivity contribution is 6.45. The molecule has 142 valence electrons. The third-order valence-electron chi connectivity index (χ3n) is 5.24. The Hall–Kier alpha value is -0.890. The van der Waals surface area contributed by atoms with E-state index in [1.165, 1.54) is 7.11 Å². The smallest absolute Gasteiger partial charge is 0.457 e. The average Bonchev–Trinajstić information content (AvgIpc) is 2.75. The largest absolute Gasteiger partial charge is 0.469 e. The number of hydrogen-bond donors (Lipinski definition) is 1. The summed E-state index contributed by atoms with van der Waals surface area (Å²) in [6.45, 7) is 8.06. The van der Waals surface area contributed by atoms with Crippen molar-refractivity contribution in [1.82, 2.24) is 0 Å². The zero-order valence-electron chi connectivity index (χ0n) is 16.1. The maximum atomic E-state index is 12.2. The second-order valence-electron chi connectivity index (χ2n) is 7.59. The van der Waals surface area contributed by atoms with Gasteiger partial charge in [0.1, 0.15) is 6.29 Å². The van der Waals surface area contributed by atoms with E-state index >= 15 is 0 Å². The van der Waals surface area contributed by atoms with E-state index < -0.39 is 11.3 Å². The first kappa shape index (κ1) is 22.2. The number of ether oxygens (including phenoxy) is 1. The molecular weight excluding hydrogens is 324 g/mol. The van der Waals surface area contributed by atoms with Crippen LogP contribution in [0.2, 0.25) is 11.6 Å². The van der Waals surface area contributed by atoms with Crippen LogP contribution in [0.1, 0.15) is 53.4 Å². The molecule has 0 unspecified atom stereocenters. The lowest BCUT2D eigenvalue weighted by atomic mass is 9.58. The van der Waals surface area contributed by atoms with Crippen LogP contribution < -0.4 is 5.73 Å². The van der Waals surface area contributed by atoms with Crippen LogP contribution in [0, 0.1) is 0 Å². The Kier molecular flexibility index (Phi) is 8.12. The highest BCUT2D eigenvalue weighted by atomic mass is 16.7. The topological polar surface area (TPSA) is 97.1 Å². The number of nitrogens with two attached hydrogens (primary N) is 1. The molecule has 25 heavy (non-hydrogen) atoms. The molecule has 1 fully saturated rings. The summed E-state index contributed by atoms with van der Waals surface area (Å²) in [7, 11) is 1.13. The van der Waals surface area contributed by atoms with Crippen LogP contribution in [0.25, 0.3) is 0 Å². The summed E-state index contributed by atoms with van der Waals surface area (Å²) in [5.41, 5.74) is 4.67. The molecule has 0 bridgehead atoms. The van der Waals surface area contributed by atoms with Crippen LogP contribution in [0.15, 0.2) is 0 Å². The summed E-state index contributed by atoms with van der Waals surface area (Å²) in [6.07, 6.45) is 3.51. The molecule has 0 aromatic heterocycles. The zero-order valence-corrected chi connectivity index (χ0v) is 16.1. The number of carbonyl (C=O) groups excluding carboxylic acids is 2. The first-order valence-corrected chi connectivity index (χ1v) is 8.79. The lowest BCUT2D eigenvalue weighted by molar-refractivity contribution is -0.146. The normalized spacial score (nSPS) is 20.8. The van der Waals surface area contributed by atoms with Crippen molar-refractivity contribution in [2.75, 3.05) is 13.8 Å². The van der Waals surface area contributed by atoms with E-state index in [-0.39, 0.29) is 39.0 Å². The Balaban J connectivity index is 2.57. The summed E-state index contributed by atoms with van der Waals surface area (Å²) in [6, 6.07) is 0. The third kappa shape index (κ3) is 5.54. The Morgan fingerprint density at radius 2 is 1.84 bits per heavy atom. The predicted octanol–water partition coefficient (Wildman–Crippen LogP) is 1.45. The molecule has 0 amide bonds. The molecule has 7 nitrogen and oxygen atoms in total. The minimum Gasteiger partial charge on any atom is -0.469 e. The van der Waals surface area contributed by atoms with Gasteiger partial charge in [-0.15, -0.1) is 0 Å². The van der Waals surface area contributed by atoms with Gasteiger partial charge in [-0.25, -0.2) is 0 Å².